The molecule has 2 aliphatic rings. The van der Waals surface area contributed by atoms with Gasteiger partial charge in [0.2, 0.25) is 0 Å². The van der Waals surface area contributed by atoms with Crippen LogP contribution in [-0.4, -0.2) is 43.9 Å². The Morgan fingerprint density at radius 2 is 1.90 bits per heavy atom. The van der Waals surface area contributed by atoms with E-state index in [0.717, 1.165) is 11.3 Å². The van der Waals surface area contributed by atoms with Gasteiger partial charge in [-0.3, -0.25) is 4.90 Å². The standard InChI is InChI=1S/C14H17F3N2O.ClH/c15-14(16,17)13(19-6-4-18-5-7-19)11-1-2-12-10(9-11)3-8-20-12;/h1-2,9,13,18H,3-8H2;1H/t13-;/m1./s1. The van der Waals surface area contributed by atoms with Crippen LogP contribution in [-0.2, 0) is 6.42 Å². The minimum Gasteiger partial charge on any atom is -0.493 e. The van der Waals surface area contributed by atoms with Gasteiger partial charge in [0.1, 0.15) is 11.8 Å². The minimum absolute atomic E-state index is 0. The third-order valence-corrected chi connectivity index (χ3v) is 3.86. The molecule has 0 aliphatic carbocycles. The number of ether oxygens (including phenoxy) is 1. The highest BCUT2D eigenvalue weighted by atomic mass is 35.5. The lowest BCUT2D eigenvalue weighted by atomic mass is 10.00. The zero-order valence-electron chi connectivity index (χ0n) is 11.4. The van der Waals surface area contributed by atoms with E-state index < -0.39 is 12.2 Å². The second kappa shape index (κ2) is 6.42. The highest BCUT2D eigenvalue weighted by Gasteiger charge is 2.45. The number of hydrogen-bond acceptors (Lipinski definition) is 3. The third kappa shape index (κ3) is 3.44. The Hall–Kier alpha value is -0.980. The monoisotopic (exact) mass is 322 g/mol. The van der Waals surface area contributed by atoms with E-state index in [0.29, 0.717) is 44.8 Å². The maximum atomic E-state index is 13.4. The molecule has 1 aromatic carbocycles. The molecule has 7 heteroatoms. The van der Waals surface area contributed by atoms with Gasteiger partial charge in [0.15, 0.2) is 0 Å². The average Bonchev–Trinajstić information content (AvgIpc) is 2.86. The van der Waals surface area contributed by atoms with Crippen molar-refractivity contribution >= 4 is 12.4 Å². The first-order valence-electron chi connectivity index (χ1n) is 6.83. The number of halogens is 4. The fourth-order valence-corrected chi connectivity index (χ4v) is 2.92. The molecule has 0 saturated carbocycles. The lowest BCUT2D eigenvalue weighted by Gasteiger charge is -2.36. The topological polar surface area (TPSA) is 24.5 Å². The third-order valence-electron chi connectivity index (χ3n) is 3.86. The van der Waals surface area contributed by atoms with Gasteiger partial charge < -0.3 is 10.1 Å². The summed E-state index contributed by atoms with van der Waals surface area (Å²) in [6.45, 7) is 2.58. The Morgan fingerprint density at radius 3 is 2.57 bits per heavy atom. The Balaban J connectivity index is 0.00000161. The molecule has 21 heavy (non-hydrogen) atoms. The van der Waals surface area contributed by atoms with Crippen molar-refractivity contribution in [3.8, 4) is 5.75 Å². The van der Waals surface area contributed by atoms with Gasteiger partial charge in [-0.1, -0.05) is 12.1 Å². The van der Waals surface area contributed by atoms with E-state index in [4.69, 9.17) is 4.74 Å². The van der Waals surface area contributed by atoms with Gasteiger partial charge in [0.05, 0.1) is 6.61 Å². The Kier molecular flexibility index (Phi) is 5.01. The van der Waals surface area contributed by atoms with E-state index in [1.807, 2.05) is 0 Å². The van der Waals surface area contributed by atoms with Crippen molar-refractivity contribution < 1.29 is 17.9 Å². The fourth-order valence-electron chi connectivity index (χ4n) is 2.92. The molecule has 2 aliphatic heterocycles. The number of rotatable bonds is 2. The van der Waals surface area contributed by atoms with Crippen molar-refractivity contribution in [3.05, 3.63) is 29.3 Å². The van der Waals surface area contributed by atoms with Gasteiger partial charge in [-0.15, -0.1) is 12.4 Å². The largest absolute Gasteiger partial charge is 0.493 e. The molecule has 1 N–H and O–H groups in total. The van der Waals surface area contributed by atoms with Crippen LogP contribution in [0.1, 0.15) is 17.2 Å². The summed E-state index contributed by atoms with van der Waals surface area (Å²) in [5, 5.41) is 3.09. The summed E-state index contributed by atoms with van der Waals surface area (Å²) in [5.41, 5.74) is 1.20. The Labute approximate surface area is 127 Å². The molecular weight excluding hydrogens is 305 g/mol. The van der Waals surface area contributed by atoms with Gasteiger partial charge in [0, 0.05) is 32.6 Å². The fraction of sp³-hybridized carbons (Fsp3) is 0.571. The maximum Gasteiger partial charge on any atom is 0.408 e. The summed E-state index contributed by atoms with van der Waals surface area (Å²) in [5.74, 6) is 0.718. The van der Waals surface area contributed by atoms with Crippen molar-refractivity contribution in [3.63, 3.8) is 0 Å². The van der Waals surface area contributed by atoms with Crippen molar-refractivity contribution in [2.75, 3.05) is 32.8 Å². The van der Waals surface area contributed by atoms with E-state index in [2.05, 4.69) is 5.32 Å². The van der Waals surface area contributed by atoms with Crippen LogP contribution in [0, 0.1) is 0 Å². The predicted molar refractivity (Wildman–Crippen MR) is 76.1 cm³/mol. The van der Waals surface area contributed by atoms with Crippen molar-refractivity contribution in [2.45, 2.75) is 18.6 Å². The lowest BCUT2D eigenvalue weighted by molar-refractivity contribution is -0.187. The Bertz CT molecular complexity index is 490. The first kappa shape index (κ1) is 16.4. The second-order valence-electron chi connectivity index (χ2n) is 5.20. The van der Waals surface area contributed by atoms with Gasteiger partial charge >= 0.3 is 6.18 Å². The quantitative estimate of drug-likeness (QED) is 0.905. The van der Waals surface area contributed by atoms with Crippen molar-refractivity contribution in [2.24, 2.45) is 0 Å². The van der Waals surface area contributed by atoms with Crippen molar-refractivity contribution in [1.82, 2.24) is 10.2 Å². The number of hydrogen-bond donors (Lipinski definition) is 1. The molecule has 2 heterocycles. The van der Waals surface area contributed by atoms with Crippen LogP contribution in [0.2, 0.25) is 0 Å². The molecule has 0 amide bonds. The minimum atomic E-state index is -4.26. The number of nitrogens with zero attached hydrogens (tertiary/aromatic N) is 1. The molecular formula is C14H18ClF3N2O. The predicted octanol–water partition coefficient (Wildman–Crippen LogP) is 2.55. The second-order valence-corrected chi connectivity index (χ2v) is 5.20. The van der Waals surface area contributed by atoms with Crippen molar-refractivity contribution in [1.29, 1.82) is 0 Å². The maximum absolute atomic E-state index is 13.4. The van der Waals surface area contributed by atoms with Crippen LogP contribution in [0.4, 0.5) is 13.2 Å². The first-order chi connectivity index (χ1) is 9.55. The number of fused-ring (bicyclic) bond motifs is 1. The summed E-state index contributed by atoms with van der Waals surface area (Å²) in [7, 11) is 0. The zero-order valence-corrected chi connectivity index (χ0v) is 12.3. The zero-order chi connectivity index (χ0) is 14.2. The summed E-state index contributed by atoms with van der Waals surface area (Å²) in [4.78, 5) is 1.51. The Morgan fingerprint density at radius 1 is 1.19 bits per heavy atom. The lowest BCUT2D eigenvalue weighted by Crippen LogP contribution is -2.49. The van der Waals surface area contributed by atoms with Crippen LogP contribution < -0.4 is 10.1 Å². The van der Waals surface area contributed by atoms with Crippen LogP contribution in [0.5, 0.6) is 5.75 Å². The number of alkyl halides is 3. The molecule has 118 valence electrons. The molecule has 1 fully saturated rings. The van der Waals surface area contributed by atoms with Gasteiger partial charge in [-0.2, -0.15) is 13.2 Å². The highest BCUT2D eigenvalue weighted by molar-refractivity contribution is 5.85. The molecule has 0 aromatic heterocycles. The molecule has 1 atom stereocenters. The van der Waals surface area contributed by atoms with Crippen LogP contribution in [0.3, 0.4) is 0 Å². The molecule has 3 nitrogen and oxygen atoms in total. The summed E-state index contributed by atoms with van der Waals surface area (Å²) in [6, 6.07) is 3.35. The summed E-state index contributed by atoms with van der Waals surface area (Å²) >= 11 is 0. The average molecular weight is 323 g/mol. The number of piperazine rings is 1. The smallest absolute Gasteiger partial charge is 0.408 e. The first-order valence-corrected chi connectivity index (χ1v) is 6.83. The van der Waals surface area contributed by atoms with E-state index >= 15 is 0 Å². The van der Waals surface area contributed by atoms with E-state index in [9.17, 15) is 13.2 Å². The number of nitrogens with one attached hydrogen (secondary N) is 1. The molecule has 0 spiro atoms. The van der Waals surface area contributed by atoms with Crippen LogP contribution in [0.25, 0.3) is 0 Å². The van der Waals surface area contributed by atoms with E-state index in [1.54, 1.807) is 18.2 Å². The molecule has 0 radical (unpaired) electrons. The van der Waals surface area contributed by atoms with Gasteiger partial charge in [0.25, 0.3) is 0 Å². The molecule has 0 unspecified atom stereocenters. The van der Waals surface area contributed by atoms with Gasteiger partial charge in [-0.25, -0.2) is 0 Å². The highest BCUT2D eigenvalue weighted by Crippen LogP contribution is 2.39. The van der Waals surface area contributed by atoms with E-state index in [-0.39, 0.29) is 12.4 Å². The molecule has 1 aromatic rings. The molecule has 0 bridgehead atoms. The normalized spacial score (nSPS) is 20.3. The molecule has 3 rings (SSSR count). The number of benzene rings is 1. The van der Waals surface area contributed by atoms with E-state index in [1.165, 1.54) is 4.90 Å². The van der Waals surface area contributed by atoms with Crippen LogP contribution >= 0.6 is 12.4 Å². The van der Waals surface area contributed by atoms with Gasteiger partial charge in [-0.05, 0) is 17.2 Å². The summed E-state index contributed by atoms with van der Waals surface area (Å²) < 4.78 is 45.7. The summed E-state index contributed by atoms with van der Waals surface area (Å²) in [6.07, 6.45) is -3.57. The SMILES string of the molecule is Cl.FC(F)(F)[C@@H](c1ccc2c(c1)CCO2)N1CCNCC1. The molecule has 1 saturated heterocycles. The van der Waals surface area contributed by atoms with Crippen LogP contribution in [0.15, 0.2) is 18.2 Å².